The molecule has 2 amide bonds. The lowest BCUT2D eigenvalue weighted by Gasteiger charge is -2.34. The number of halogens is 6. The predicted octanol–water partition coefficient (Wildman–Crippen LogP) is 5.43. The largest absolute Gasteiger partial charge is 0.491 e. The number of imide groups is 1. The Balaban J connectivity index is 1.85. The first-order valence-electron chi connectivity index (χ1n) is 8.48. The van der Waals surface area contributed by atoms with E-state index in [1.165, 1.54) is 0 Å². The van der Waals surface area contributed by atoms with Crippen LogP contribution in [0.15, 0.2) is 34.3 Å². The number of para-hydroxylation sites is 2. The van der Waals surface area contributed by atoms with Gasteiger partial charge in [0, 0.05) is 0 Å². The van der Waals surface area contributed by atoms with Crippen molar-refractivity contribution in [3.8, 4) is 5.75 Å². The Bertz CT molecular complexity index is 888. The van der Waals surface area contributed by atoms with Crippen molar-refractivity contribution >= 4 is 87.1 Å². The number of amides is 2. The molecular formula is C18H13Cl6NO3. The van der Waals surface area contributed by atoms with Crippen LogP contribution in [-0.4, -0.2) is 32.5 Å². The second-order valence-electron chi connectivity index (χ2n) is 6.91. The molecule has 1 saturated heterocycles. The molecule has 0 unspecified atom stereocenters. The van der Waals surface area contributed by atoms with Crippen LogP contribution in [0.25, 0.3) is 0 Å². The summed E-state index contributed by atoms with van der Waals surface area (Å²) >= 11 is 39.0. The van der Waals surface area contributed by atoms with Gasteiger partial charge in [-0.25, -0.2) is 4.90 Å². The van der Waals surface area contributed by atoms with Gasteiger partial charge < -0.3 is 4.74 Å². The van der Waals surface area contributed by atoms with Crippen LogP contribution < -0.4 is 9.64 Å². The first kappa shape index (κ1) is 20.9. The van der Waals surface area contributed by atoms with Crippen molar-refractivity contribution in [3.05, 3.63) is 34.3 Å². The normalized spacial score (nSPS) is 35.8. The SMILES string of the molecule is CCCOc1ccccc1N1C(=O)[C@@H]2[C@H](C1=O)[C@@]1(Cl)C(Cl)=C(Cl)[C@@]2(Cl)C1(Cl)Cl. The number of carbonyl (C=O) groups excluding carboxylic acids is 2. The molecule has 0 aromatic heterocycles. The van der Waals surface area contributed by atoms with E-state index >= 15 is 0 Å². The lowest BCUT2D eigenvalue weighted by Crippen LogP contribution is -2.50. The van der Waals surface area contributed by atoms with Crippen molar-refractivity contribution in [1.29, 1.82) is 0 Å². The van der Waals surface area contributed by atoms with E-state index in [1.54, 1.807) is 24.3 Å². The lowest BCUT2D eigenvalue weighted by atomic mass is 9.84. The molecule has 1 heterocycles. The summed E-state index contributed by atoms with van der Waals surface area (Å²) < 4.78 is 3.75. The number of fused-ring (bicyclic) bond motifs is 5. The Morgan fingerprint density at radius 2 is 1.46 bits per heavy atom. The highest BCUT2D eigenvalue weighted by Gasteiger charge is 2.87. The van der Waals surface area contributed by atoms with Crippen LogP contribution >= 0.6 is 69.6 Å². The first-order chi connectivity index (χ1) is 13.1. The van der Waals surface area contributed by atoms with Gasteiger partial charge in [0.05, 0.1) is 34.2 Å². The summed E-state index contributed by atoms with van der Waals surface area (Å²) in [6, 6.07) is 6.72. The fraction of sp³-hybridized carbons (Fsp3) is 0.444. The Morgan fingerprint density at radius 3 is 1.96 bits per heavy atom. The molecule has 2 fully saturated rings. The van der Waals surface area contributed by atoms with Crippen molar-refractivity contribution in [3.63, 3.8) is 0 Å². The number of nitrogens with zero attached hydrogens (tertiary/aromatic N) is 1. The van der Waals surface area contributed by atoms with E-state index in [2.05, 4.69) is 0 Å². The average molecular weight is 504 g/mol. The van der Waals surface area contributed by atoms with Gasteiger partial charge in [-0.3, -0.25) is 9.59 Å². The monoisotopic (exact) mass is 501 g/mol. The fourth-order valence-corrected chi connectivity index (χ4v) is 7.14. The molecule has 1 aromatic carbocycles. The van der Waals surface area contributed by atoms with Gasteiger partial charge in [0.1, 0.15) is 15.5 Å². The van der Waals surface area contributed by atoms with Crippen LogP contribution in [0.1, 0.15) is 13.3 Å². The van der Waals surface area contributed by atoms with Gasteiger partial charge in [0.2, 0.25) is 11.8 Å². The summed E-state index contributed by atoms with van der Waals surface area (Å²) in [6.07, 6.45) is 0.757. The van der Waals surface area contributed by atoms with Crippen molar-refractivity contribution in [2.24, 2.45) is 11.8 Å². The van der Waals surface area contributed by atoms with Gasteiger partial charge in [0.15, 0.2) is 4.33 Å². The van der Waals surface area contributed by atoms with E-state index in [1.807, 2.05) is 6.92 Å². The Hall–Kier alpha value is -0.360. The number of carbonyl (C=O) groups is 2. The molecule has 10 heteroatoms. The van der Waals surface area contributed by atoms with Crippen molar-refractivity contribution < 1.29 is 14.3 Å². The number of hydrogen-bond donors (Lipinski definition) is 0. The quantitative estimate of drug-likeness (QED) is 0.407. The summed E-state index contributed by atoms with van der Waals surface area (Å²) in [5, 5.41) is -0.230. The molecule has 0 N–H and O–H groups in total. The Labute approximate surface area is 191 Å². The summed E-state index contributed by atoms with van der Waals surface area (Å²) in [4.78, 5) is 24.1. The Morgan fingerprint density at radius 1 is 0.964 bits per heavy atom. The minimum Gasteiger partial charge on any atom is -0.491 e. The maximum absolute atomic E-state index is 13.4. The molecule has 2 bridgehead atoms. The van der Waals surface area contributed by atoms with E-state index in [9.17, 15) is 9.59 Å². The van der Waals surface area contributed by atoms with E-state index in [0.29, 0.717) is 18.0 Å². The molecule has 28 heavy (non-hydrogen) atoms. The predicted molar refractivity (Wildman–Crippen MR) is 112 cm³/mol. The van der Waals surface area contributed by atoms with Crippen LogP contribution in [0.5, 0.6) is 5.75 Å². The van der Waals surface area contributed by atoms with Crippen LogP contribution in [0.3, 0.4) is 0 Å². The lowest BCUT2D eigenvalue weighted by molar-refractivity contribution is -0.123. The molecule has 0 spiro atoms. The highest BCUT2D eigenvalue weighted by Crippen LogP contribution is 2.77. The zero-order valence-corrected chi connectivity index (χ0v) is 18.9. The zero-order valence-electron chi connectivity index (χ0n) is 14.3. The van der Waals surface area contributed by atoms with E-state index < -0.39 is 37.7 Å². The second-order valence-corrected chi connectivity index (χ2v) is 10.2. The number of ether oxygens (including phenoxy) is 1. The third-order valence-corrected chi connectivity index (χ3v) is 9.74. The molecule has 4 rings (SSSR count). The van der Waals surface area contributed by atoms with Gasteiger partial charge in [-0.1, -0.05) is 65.5 Å². The molecule has 2 aliphatic carbocycles. The second kappa shape index (κ2) is 6.57. The standard InChI is InChI=1S/C18H13Cl6NO3/c1-2-7-28-9-6-4-3-5-8(9)25-14(26)10-11(15(25)27)17(22)13(20)12(19)16(10,21)18(17,23)24/h3-6,10-11H,2,7H2,1H3/t10-,11+,16-,17-/m1/s1. The third kappa shape index (κ3) is 2.17. The topological polar surface area (TPSA) is 46.6 Å². The smallest absolute Gasteiger partial charge is 0.240 e. The number of alkyl halides is 4. The van der Waals surface area contributed by atoms with Crippen LogP contribution in [0.4, 0.5) is 5.69 Å². The van der Waals surface area contributed by atoms with E-state index in [4.69, 9.17) is 74.3 Å². The summed E-state index contributed by atoms with van der Waals surface area (Å²) in [5.74, 6) is -3.15. The van der Waals surface area contributed by atoms with Gasteiger partial charge in [-0.05, 0) is 18.6 Å². The molecule has 4 nitrogen and oxygen atoms in total. The van der Waals surface area contributed by atoms with Gasteiger partial charge >= 0.3 is 0 Å². The number of rotatable bonds is 4. The zero-order chi connectivity index (χ0) is 20.6. The summed E-state index contributed by atoms with van der Waals surface area (Å²) in [6.45, 7) is 2.37. The number of anilines is 1. The highest BCUT2D eigenvalue weighted by atomic mass is 35.5. The number of allylic oxidation sites excluding steroid dienone is 2. The molecular weight excluding hydrogens is 491 g/mol. The maximum atomic E-state index is 13.4. The van der Waals surface area contributed by atoms with Gasteiger partial charge in [-0.15, -0.1) is 23.2 Å². The van der Waals surface area contributed by atoms with Gasteiger partial charge in [-0.2, -0.15) is 0 Å². The van der Waals surface area contributed by atoms with Crippen LogP contribution in [-0.2, 0) is 9.59 Å². The van der Waals surface area contributed by atoms with Crippen LogP contribution in [0.2, 0.25) is 0 Å². The molecule has 1 aliphatic heterocycles. The van der Waals surface area contributed by atoms with Crippen molar-refractivity contribution in [1.82, 2.24) is 0 Å². The minimum atomic E-state index is -1.94. The highest BCUT2D eigenvalue weighted by molar-refractivity contribution is 6.67. The fourth-order valence-electron chi connectivity index (χ4n) is 4.21. The molecule has 150 valence electrons. The van der Waals surface area contributed by atoms with Gasteiger partial charge in [0.25, 0.3) is 0 Å². The van der Waals surface area contributed by atoms with Crippen molar-refractivity contribution in [2.45, 2.75) is 27.4 Å². The molecule has 3 aliphatic rings. The molecule has 0 radical (unpaired) electrons. The van der Waals surface area contributed by atoms with Crippen LogP contribution in [0, 0.1) is 11.8 Å². The average Bonchev–Trinajstić information content (AvgIpc) is 3.04. The van der Waals surface area contributed by atoms with E-state index in [-0.39, 0.29) is 10.1 Å². The Kier molecular flexibility index (Phi) is 4.90. The number of hydrogen-bond acceptors (Lipinski definition) is 3. The van der Waals surface area contributed by atoms with E-state index in [0.717, 1.165) is 11.3 Å². The summed E-state index contributed by atoms with van der Waals surface area (Å²) in [7, 11) is 0. The van der Waals surface area contributed by atoms with Crippen molar-refractivity contribution in [2.75, 3.05) is 11.5 Å². The first-order valence-corrected chi connectivity index (χ1v) is 10.7. The molecule has 1 aromatic rings. The summed E-state index contributed by atoms with van der Waals surface area (Å²) in [5.41, 5.74) is 0.294. The number of benzene rings is 1. The molecule has 4 atom stereocenters. The third-order valence-electron chi connectivity index (χ3n) is 5.48. The minimum absolute atomic E-state index is 0.115. The maximum Gasteiger partial charge on any atom is 0.240 e. The molecule has 1 saturated carbocycles.